The van der Waals surface area contributed by atoms with Crippen LogP contribution in [0.2, 0.25) is 0 Å². The third-order valence-electron chi connectivity index (χ3n) is 3.41. The second-order valence-electron chi connectivity index (χ2n) is 5.00. The van der Waals surface area contributed by atoms with Crippen molar-refractivity contribution < 1.29 is 14.6 Å². The van der Waals surface area contributed by atoms with E-state index in [1.165, 1.54) is 5.56 Å². The molecule has 1 aliphatic heterocycles. The first kappa shape index (κ1) is 13.4. The van der Waals surface area contributed by atoms with Gasteiger partial charge in [-0.2, -0.15) is 0 Å². The van der Waals surface area contributed by atoms with Crippen LogP contribution in [0, 0.1) is 12.8 Å². The summed E-state index contributed by atoms with van der Waals surface area (Å²) in [6.07, 6.45) is 2.48. The van der Waals surface area contributed by atoms with E-state index < -0.39 is 0 Å². The van der Waals surface area contributed by atoms with Crippen LogP contribution in [0.4, 0.5) is 0 Å². The van der Waals surface area contributed by atoms with Gasteiger partial charge in [0.2, 0.25) is 0 Å². The van der Waals surface area contributed by atoms with Crippen LogP contribution in [0.1, 0.15) is 24.8 Å². The smallest absolute Gasteiger partial charge is 0.119 e. The summed E-state index contributed by atoms with van der Waals surface area (Å²) in [7, 11) is 0. The van der Waals surface area contributed by atoms with Crippen molar-refractivity contribution >= 4 is 0 Å². The molecule has 0 aliphatic carbocycles. The van der Waals surface area contributed by atoms with E-state index in [0.717, 1.165) is 25.2 Å². The number of aryl methyl sites for hydroxylation is 1. The highest BCUT2D eigenvalue weighted by molar-refractivity contribution is 5.27. The summed E-state index contributed by atoms with van der Waals surface area (Å²) in [5.41, 5.74) is 1.19. The molecule has 2 rings (SSSR count). The second kappa shape index (κ2) is 6.76. The van der Waals surface area contributed by atoms with Gasteiger partial charge in [0.15, 0.2) is 0 Å². The largest absolute Gasteiger partial charge is 0.493 e. The molecule has 2 atom stereocenters. The molecule has 0 saturated carbocycles. The highest BCUT2D eigenvalue weighted by atomic mass is 16.5. The Labute approximate surface area is 109 Å². The zero-order chi connectivity index (χ0) is 12.8. The van der Waals surface area contributed by atoms with E-state index >= 15 is 0 Å². The summed E-state index contributed by atoms with van der Waals surface area (Å²) in [5.74, 6) is 1.15. The average molecular weight is 250 g/mol. The molecule has 2 unspecified atom stereocenters. The fraction of sp³-hybridized carbons (Fsp3) is 0.600. The van der Waals surface area contributed by atoms with Crippen LogP contribution in [-0.4, -0.2) is 31.0 Å². The molecule has 100 valence electrons. The molecule has 0 spiro atoms. The summed E-state index contributed by atoms with van der Waals surface area (Å²) < 4.78 is 11.0. The lowest BCUT2D eigenvalue weighted by Crippen LogP contribution is -2.30. The number of rotatable bonds is 5. The molecule has 1 aliphatic rings. The van der Waals surface area contributed by atoms with Gasteiger partial charge in [-0.3, -0.25) is 0 Å². The molecule has 1 aromatic carbocycles. The van der Waals surface area contributed by atoms with Gasteiger partial charge in [0.25, 0.3) is 0 Å². The minimum absolute atomic E-state index is 0.278. The molecule has 0 amide bonds. The van der Waals surface area contributed by atoms with Gasteiger partial charge in [0, 0.05) is 18.9 Å². The number of aliphatic hydroxyl groups excluding tert-OH is 1. The number of hydrogen-bond donors (Lipinski definition) is 1. The fourth-order valence-corrected chi connectivity index (χ4v) is 2.31. The van der Waals surface area contributed by atoms with E-state index in [4.69, 9.17) is 9.47 Å². The van der Waals surface area contributed by atoms with Gasteiger partial charge in [-0.25, -0.2) is 0 Å². The van der Waals surface area contributed by atoms with Crippen molar-refractivity contribution in [2.45, 2.75) is 32.3 Å². The summed E-state index contributed by atoms with van der Waals surface area (Å²) in [6.45, 7) is 4.12. The zero-order valence-corrected chi connectivity index (χ0v) is 11.0. The summed E-state index contributed by atoms with van der Waals surface area (Å²) >= 11 is 0. The maximum atomic E-state index is 10.0. The zero-order valence-electron chi connectivity index (χ0n) is 11.0. The van der Waals surface area contributed by atoms with Crippen molar-refractivity contribution in [2.75, 3.05) is 19.8 Å². The lowest BCUT2D eigenvalue weighted by atomic mass is 9.94. The molecule has 0 radical (unpaired) electrons. The van der Waals surface area contributed by atoms with E-state index in [1.807, 2.05) is 31.2 Å². The van der Waals surface area contributed by atoms with Gasteiger partial charge in [-0.1, -0.05) is 12.1 Å². The molecule has 3 nitrogen and oxygen atoms in total. The van der Waals surface area contributed by atoms with E-state index in [1.54, 1.807) is 0 Å². The molecule has 1 aromatic rings. The van der Waals surface area contributed by atoms with Crippen molar-refractivity contribution in [1.29, 1.82) is 0 Å². The van der Waals surface area contributed by atoms with Gasteiger partial charge < -0.3 is 14.6 Å². The van der Waals surface area contributed by atoms with Crippen molar-refractivity contribution in [3.63, 3.8) is 0 Å². The van der Waals surface area contributed by atoms with Crippen molar-refractivity contribution in [2.24, 2.45) is 5.92 Å². The maximum absolute atomic E-state index is 10.0. The SMILES string of the molecule is Cc1cccc(OCCC(O)C2CCCOC2)c1. The van der Waals surface area contributed by atoms with Crippen LogP contribution in [-0.2, 0) is 4.74 Å². The fourth-order valence-electron chi connectivity index (χ4n) is 2.31. The van der Waals surface area contributed by atoms with Crippen LogP contribution in [0.15, 0.2) is 24.3 Å². The molecule has 1 fully saturated rings. The molecule has 1 N–H and O–H groups in total. The van der Waals surface area contributed by atoms with Crippen LogP contribution >= 0.6 is 0 Å². The van der Waals surface area contributed by atoms with Crippen molar-refractivity contribution in [3.8, 4) is 5.75 Å². The summed E-state index contributed by atoms with van der Waals surface area (Å²) in [5, 5.41) is 10.0. The van der Waals surface area contributed by atoms with Crippen LogP contribution < -0.4 is 4.74 Å². The van der Waals surface area contributed by atoms with E-state index in [2.05, 4.69) is 0 Å². The van der Waals surface area contributed by atoms with E-state index in [-0.39, 0.29) is 12.0 Å². The highest BCUT2D eigenvalue weighted by Gasteiger charge is 2.21. The number of hydrogen-bond acceptors (Lipinski definition) is 3. The molecular weight excluding hydrogens is 228 g/mol. The number of ether oxygens (including phenoxy) is 2. The molecular formula is C15H22O3. The Balaban J connectivity index is 1.71. The van der Waals surface area contributed by atoms with Crippen LogP contribution in [0.25, 0.3) is 0 Å². The van der Waals surface area contributed by atoms with Gasteiger partial charge in [-0.05, 0) is 37.5 Å². The first-order valence-corrected chi connectivity index (χ1v) is 6.71. The first-order chi connectivity index (χ1) is 8.75. The molecule has 0 bridgehead atoms. The summed E-state index contributed by atoms with van der Waals surface area (Å²) in [4.78, 5) is 0. The standard InChI is InChI=1S/C15H22O3/c1-12-4-2-6-14(10-12)18-9-7-15(16)13-5-3-8-17-11-13/h2,4,6,10,13,15-16H,3,5,7-9,11H2,1H3. The molecule has 3 heteroatoms. The Hall–Kier alpha value is -1.06. The maximum Gasteiger partial charge on any atom is 0.119 e. The molecule has 1 saturated heterocycles. The predicted molar refractivity (Wildman–Crippen MR) is 70.8 cm³/mol. The summed E-state index contributed by atoms with van der Waals surface area (Å²) in [6, 6.07) is 7.98. The Morgan fingerprint density at radius 2 is 2.39 bits per heavy atom. The van der Waals surface area contributed by atoms with E-state index in [0.29, 0.717) is 19.6 Å². The monoisotopic (exact) mass is 250 g/mol. The number of aliphatic hydroxyl groups is 1. The second-order valence-corrected chi connectivity index (χ2v) is 5.00. The third-order valence-corrected chi connectivity index (χ3v) is 3.41. The van der Waals surface area contributed by atoms with Gasteiger partial charge in [0.05, 0.1) is 19.3 Å². The minimum atomic E-state index is -0.310. The first-order valence-electron chi connectivity index (χ1n) is 6.71. The van der Waals surface area contributed by atoms with Gasteiger partial charge in [-0.15, -0.1) is 0 Å². The molecule has 0 aromatic heterocycles. The molecule has 1 heterocycles. The highest BCUT2D eigenvalue weighted by Crippen LogP contribution is 2.20. The van der Waals surface area contributed by atoms with Crippen molar-refractivity contribution in [1.82, 2.24) is 0 Å². The lowest BCUT2D eigenvalue weighted by Gasteiger charge is -2.26. The Bertz CT molecular complexity index is 359. The van der Waals surface area contributed by atoms with Gasteiger partial charge >= 0.3 is 0 Å². The Morgan fingerprint density at radius 1 is 1.50 bits per heavy atom. The normalized spacial score (nSPS) is 21.6. The topological polar surface area (TPSA) is 38.7 Å². The third kappa shape index (κ3) is 4.00. The van der Waals surface area contributed by atoms with Gasteiger partial charge in [0.1, 0.15) is 5.75 Å². The lowest BCUT2D eigenvalue weighted by molar-refractivity contribution is -0.0158. The molecule has 18 heavy (non-hydrogen) atoms. The van der Waals surface area contributed by atoms with Crippen LogP contribution in [0.5, 0.6) is 5.75 Å². The van der Waals surface area contributed by atoms with Crippen molar-refractivity contribution in [3.05, 3.63) is 29.8 Å². The quantitative estimate of drug-likeness (QED) is 0.873. The minimum Gasteiger partial charge on any atom is -0.493 e. The average Bonchev–Trinajstić information content (AvgIpc) is 2.40. The Kier molecular flexibility index (Phi) is 5.02. The van der Waals surface area contributed by atoms with E-state index in [9.17, 15) is 5.11 Å². The predicted octanol–water partition coefficient (Wildman–Crippen LogP) is 2.55. The number of benzene rings is 1. The van der Waals surface area contributed by atoms with Crippen LogP contribution in [0.3, 0.4) is 0 Å². The Morgan fingerprint density at radius 3 is 3.11 bits per heavy atom.